The van der Waals surface area contributed by atoms with Crippen LogP contribution >= 0.6 is 0 Å². The van der Waals surface area contributed by atoms with Gasteiger partial charge in [-0.1, -0.05) is 12.1 Å². The molecule has 2 atom stereocenters. The number of nitrogens with one attached hydrogen (secondary N) is 1. The van der Waals surface area contributed by atoms with Crippen molar-refractivity contribution in [2.45, 2.75) is 39.8 Å². The predicted molar refractivity (Wildman–Crippen MR) is 122 cm³/mol. The Balaban J connectivity index is 1.24. The molecule has 4 rings (SSSR count). The first-order chi connectivity index (χ1) is 15.7. The molecule has 2 aliphatic rings. The molecule has 2 heterocycles. The van der Waals surface area contributed by atoms with E-state index in [1.807, 2.05) is 32.0 Å². The zero-order valence-corrected chi connectivity index (χ0v) is 19.4. The van der Waals surface area contributed by atoms with Crippen LogP contribution in [0.15, 0.2) is 36.4 Å². The number of hydrogen-bond acceptors (Lipinski definition) is 7. The van der Waals surface area contributed by atoms with Crippen molar-refractivity contribution < 1.29 is 23.9 Å². The zero-order valence-electron chi connectivity index (χ0n) is 19.4. The number of nitrogens with zero attached hydrogens (tertiary/aromatic N) is 3. The number of fused-ring (bicyclic) bond motifs is 2. The molecule has 33 heavy (non-hydrogen) atoms. The maximum Gasteiger partial charge on any atom is 0.415 e. The standard InChI is InChI=1S/C24H30N4O5/c1-14(2)27-12-18-17(19(18)13-27)11-25-24(31)33-22(30)10-9-21(29)32-23-16-7-5-6-8-20(16)26-28(23)15(3)4/h5-10,14-15,17-19H,11-13H2,1-4H3,(H,25,31)/b10-9+. The summed E-state index contributed by atoms with van der Waals surface area (Å²) in [4.78, 5) is 38.5. The van der Waals surface area contributed by atoms with E-state index < -0.39 is 18.0 Å². The lowest BCUT2D eigenvalue weighted by molar-refractivity contribution is -0.133. The average Bonchev–Trinajstić information content (AvgIpc) is 3.10. The van der Waals surface area contributed by atoms with Crippen LogP contribution in [0.3, 0.4) is 0 Å². The van der Waals surface area contributed by atoms with Gasteiger partial charge in [-0.3, -0.25) is 0 Å². The fourth-order valence-corrected chi connectivity index (χ4v) is 4.51. The molecule has 0 spiro atoms. The highest BCUT2D eigenvalue weighted by Gasteiger charge is 2.55. The lowest BCUT2D eigenvalue weighted by Crippen LogP contribution is -2.34. The molecule has 1 aromatic heterocycles. The Morgan fingerprint density at radius 3 is 2.39 bits per heavy atom. The Hall–Kier alpha value is -3.20. The number of esters is 2. The van der Waals surface area contributed by atoms with Crippen molar-refractivity contribution in [3.63, 3.8) is 0 Å². The van der Waals surface area contributed by atoms with Crippen molar-refractivity contribution in [2.24, 2.45) is 17.8 Å². The second-order valence-corrected chi connectivity index (χ2v) is 9.24. The molecule has 1 aromatic carbocycles. The molecule has 2 aromatic rings. The van der Waals surface area contributed by atoms with Crippen molar-refractivity contribution in [1.82, 2.24) is 20.0 Å². The number of hydrogen-bond donors (Lipinski definition) is 1. The molecule has 2 fully saturated rings. The quantitative estimate of drug-likeness (QED) is 0.390. The van der Waals surface area contributed by atoms with E-state index in [0.717, 1.165) is 25.2 Å². The van der Waals surface area contributed by atoms with E-state index in [1.165, 1.54) is 0 Å². The second kappa shape index (κ2) is 9.35. The smallest absolute Gasteiger partial charge is 0.404 e. The van der Waals surface area contributed by atoms with Gasteiger partial charge in [0.15, 0.2) is 0 Å². The maximum absolute atomic E-state index is 12.3. The summed E-state index contributed by atoms with van der Waals surface area (Å²) in [7, 11) is 0. The summed E-state index contributed by atoms with van der Waals surface area (Å²) in [5.74, 6) is 0.247. The highest BCUT2D eigenvalue weighted by molar-refractivity contribution is 5.97. The molecule has 176 valence electrons. The number of aromatic nitrogens is 2. The van der Waals surface area contributed by atoms with Gasteiger partial charge in [0.2, 0.25) is 5.88 Å². The highest BCUT2D eigenvalue weighted by Crippen LogP contribution is 2.51. The van der Waals surface area contributed by atoms with Crippen molar-refractivity contribution >= 4 is 28.9 Å². The van der Waals surface area contributed by atoms with E-state index in [-0.39, 0.29) is 6.04 Å². The van der Waals surface area contributed by atoms with Crippen LogP contribution in [-0.2, 0) is 14.3 Å². The van der Waals surface area contributed by atoms with Gasteiger partial charge in [-0.15, -0.1) is 0 Å². The van der Waals surface area contributed by atoms with Gasteiger partial charge in [0.25, 0.3) is 0 Å². The molecule has 0 bridgehead atoms. The van der Waals surface area contributed by atoms with E-state index >= 15 is 0 Å². The second-order valence-electron chi connectivity index (χ2n) is 9.24. The van der Waals surface area contributed by atoms with Gasteiger partial charge >= 0.3 is 18.0 Å². The summed E-state index contributed by atoms with van der Waals surface area (Å²) >= 11 is 0. The Morgan fingerprint density at radius 2 is 1.73 bits per heavy atom. The number of piperidine rings is 1. The molecule has 9 heteroatoms. The number of rotatable bonds is 7. The van der Waals surface area contributed by atoms with E-state index in [9.17, 15) is 14.4 Å². The summed E-state index contributed by atoms with van der Waals surface area (Å²) in [5, 5.41) is 7.78. The minimum atomic E-state index is -0.936. The number of amides is 1. The first-order valence-corrected chi connectivity index (χ1v) is 11.4. The van der Waals surface area contributed by atoms with Gasteiger partial charge < -0.3 is 19.7 Å². The van der Waals surface area contributed by atoms with E-state index in [4.69, 9.17) is 9.47 Å². The average molecular weight is 455 g/mol. The third kappa shape index (κ3) is 5.08. The van der Waals surface area contributed by atoms with Crippen molar-refractivity contribution in [2.75, 3.05) is 19.6 Å². The number of benzene rings is 1. The minimum absolute atomic E-state index is 0.0303. The van der Waals surface area contributed by atoms with E-state index in [0.29, 0.717) is 47.1 Å². The van der Waals surface area contributed by atoms with Gasteiger partial charge in [0, 0.05) is 37.8 Å². The molecule has 1 saturated carbocycles. The fourth-order valence-electron chi connectivity index (χ4n) is 4.51. The first-order valence-electron chi connectivity index (χ1n) is 11.4. The summed E-state index contributed by atoms with van der Waals surface area (Å²) < 4.78 is 11.8. The monoisotopic (exact) mass is 454 g/mol. The predicted octanol–water partition coefficient (Wildman–Crippen LogP) is 2.92. The SMILES string of the molecule is CC(C)N1CC2C(CNC(=O)OC(=O)/C=C/C(=O)Oc3c4ccccc4nn3C(C)C)C2C1. The number of alkyl carbamates (subject to hydrolysis) is 1. The Morgan fingerprint density at radius 1 is 1.06 bits per heavy atom. The third-order valence-corrected chi connectivity index (χ3v) is 6.41. The molecular formula is C24H30N4O5. The lowest BCUT2D eigenvalue weighted by atomic mass is 10.2. The van der Waals surface area contributed by atoms with Crippen LogP contribution in [0.4, 0.5) is 4.79 Å². The topological polar surface area (TPSA) is 103 Å². The van der Waals surface area contributed by atoms with Crippen LogP contribution in [0.1, 0.15) is 33.7 Å². The Kier molecular flexibility index (Phi) is 6.51. The van der Waals surface area contributed by atoms with Crippen LogP contribution in [-0.4, -0.2) is 58.4 Å². The minimum Gasteiger partial charge on any atom is -0.404 e. The molecular weight excluding hydrogens is 424 g/mol. The molecule has 0 radical (unpaired) electrons. The van der Waals surface area contributed by atoms with Gasteiger partial charge in [0.1, 0.15) is 0 Å². The van der Waals surface area contributed by atoms with Gasteiger partial charge in [0.05, 0.1) is 16.9 Å². The molecule has 9 nitrogen and oxygen atoms in total. The van der Waals surface area contributed by atoms with Crippen molar-refractivity contribution in [3.8, 4) is 5.88 Å². The van der Waals surface area contributed by atoms with Gasteiger partial charge in [-0.05, 0) is 57.6 Å². The normalized spacial score (nSPS) is 22.2. The summed E-state index contributed by atoms with van der Waals surface area (Å²) in [6.07, 6.45) is 1.01. The highest BCUT2D eigenvalue weighted by atomic mass is 16.6. The Bertz CT molecular complexity index is 1080. The number of likely N-dealkylation sites (tertiary alicyclic amines) is 1. The number of carbonyl (C=O) groups is 3. The lowest BCUT2D eigenvalue weighted by Gasteiger charge is -2.23. The van der Waals surface area contributed by atoms with Crippen LogP contribution in [0, 0.1) is 17.8 Å². The first kappa shape index (κ1) is 23.0. The van der Waals surface area contributed by atoms with Crippen LogP contribution in [0.2, 0.25) is 0 Å². The molecule has 1 amide bonds. The molecule has 1 N–H and O–H groups in total. The molecule has 1 saturated heterocycles. The number of ether oxygens (including phenoxy) is 2. The molecule has 1 aliphatic carbocycles. The summed E-state index contributed by atoms with van der Waals surface area (Å²) in [6, 6.07) is 7.82. The van der Waals surface area contributed by atoms with Gasteiger partial charge in [-0.25, -0.2) is 19.1 Å². The fraction of sp³-hybridized carbons (Fsp3) is 0.500. The Labute approximate surface area is 192 Å². The van der Waals surface area contributed by atoms with Crippen LogP contribution in [0.25, 0.3) is 10.9 Å². The third-order valence-electron chi connectivity index (χ3n) is 6.41. The molecule has 2 unspecified atom stereocenters. The zero-order chi connectivity index (χ0) is 23.7. The van der Waals surface area contributed by atoms with E-state index in [2.05, 4.69) is 29.2 Å². The largest absolute Gasteiger partial charge is 0.415 e. The van der Waals surface area contributed by atoms with Gasteiger partial charge in [-0.2, -0.15) is 5.10 Å². The van der Waals surface area contributed by atoms with Crippen molar-refractivity contribution in [1.29, 1.82) is 0 Å². The summed E-state index contributed by atoms with van der Waals surface area (Å²) in [5.41, 5.74) is 0.700. The number of carbonyl (C=O) groups excluding carboxylic acids is 3. The van der Waals surface area contributed by atoms with Crippen LogP contribution in [0.5, 0.6) is 5.88 Å². The van der Waals surface area contributed by atoms with Crippen molar-refractivity contribution in [3.05, 3.63) is 36.4 Å². The summed E-state index contributed by atoms with van der Waals surface area (Å²) in [6.45, 7) is 10.8. The molecule has 1 aliphatic heterocycles. The van der Waals surface area contributed by atoms with Crippen LogP contribution < -0.4 is 10.1 Å². The maximum atomic E-state index is 12.3. The van der Waals surface area contributed by atoms with E-state index in [1.54, 1.807) is 10.7 Å².